The van der Waals surface area contributed by atoms with Crippen molar-refractivity contribution in [3.05, 3.63) is 60.2 Å². The van der Waals surface area contributed by atoms with E-state index < -0.39 is 11.6 Å². The monoisotopic (exact) mass is 591 g/mol. The van der Waals surface area contributed by atoms with Crippen molar-refractivity contribution in [3.63, 3.8) is 0 Å². The van der Waals surface area contributed by atoms with E-state index in [1.54, 1.807) is 0 Å². The van der Waals surface area contributed by atoms with Crippen molar-refractivity contribution < 1.29 is 19.1 Å². The summed E-state index contributed by atoms with van der Waals surface area (Å²) >= 11 is 0. The molecule has 0 bridgehead atoms. The molecule has 2 saturated heterocycles. The number of carbonyl (C=O) groups excluding carboxylic acids is 3. The molecule has 0 aromatic heterocycles. The van der Waals surface area contributed by atoms with Crippen LogP contribution in [0.1, 0.15) is 70.8 Å². The number of nitrogens with one attached hydrogen (secondary N) is 3. The van der Waals surface area contributed by atoms with Gasteiger partial charge in [-0.25, -0.2) is 4.79 Å². The first-order chi connectivity index (χ1) is 20.9. The number of benzene rings is 2. The molecule has 1 atom stereocenters. The Kier molecular flexibility index (Phi) is 12.3. The number of nitrogens with zero attached hydrogens (tertiary/aromatic N) is 2. The number of likely N-dealkylation sites (tertiary alicyclic amines) is 1. The van der Waals surface area contributed by atoms with Crippen LogP contribution in [0, 0.1) is 0 Å². The lowest BCUT2D eigenvalue weighted by molar-refractivity contribution is -0.161. The minimum absolute atomic E-state index is 0.00690. The van der Waals surface area contributed by atoms with E-state index in [0.717, 1.165) is 57.5 Å². The Hall–Kier alpha value is -3.59. The number of hydrogen-bond donors (Lipinski definition) is 3. The van der Waals surface area contributed by atoms with E-state index in [0.29, 0.717) is 51.1 Å². The molecule has 0 saturated carbocycles. The molecule has 4 amide bonds. The number of carbonyl (C=O) groups is 3. The molecular weight excluding hydrogens is 542 g/mol. The lowest BCUT2D eigenvalue weighted by Gasteiger charge is -2.51. The molecule has 2 aromatic carbocycles. The van der Waals surface area contributed by atoms with Crippen molar-refractivity contribution >= 4 is 23.5 Å². The average molecular weight is 592 g/mol. The van der Waals surface area contributed by atoms with E-state index in [1.807, 2.05) is 35.2 Å². The molecule has 2 aliphatic heterocycles. The minimum atomic E-state index is -0.744. The van der Waals surface area contributed by atoms with E-state index in [1.165, 1.54) is 5.56 Å². The van der Waals surface area contributed by atoms with Gasteiger partial charge in [0.25, 0.3) is 0 Å². The van der Waals surface area contributed by atoms with Crippen LogP contribution in [0.2, 0.25) is 0 Å². The van der Waals surface area contributed by atoms with Crippen molar-refractivity contribution in [2.24, 2.45) is 0 Å². The first kappa shape index (κ1) is 32.3. The largest absolute Gasteiger partial charge is 0.494 e. The van der Waals surface area contributed by atoms with Crippen molar-refractivity contribution in [2.45, 2.75) is 83.2 Å². The zero-order chi connectivity index (χ0) is 30.5. The lowest BCUT2D eigenvalue weighted by atomic mass is 9.81. The summed E-state index contributed by atoms with van der Waals surface area (Å²) in [5, 5.41) is 8.79. The van der Waals surface area contributed by atoms with Crippen LogP contribution in [0.4, 0.5) is 10.5 Å². The van der Waals surface area contributed by atoms with E-state index in [9.17, 15) is 14.4 Å². The van der Waals surface area contributed by atoms with Crippen LogP contribution in [0.25, 0.3) is 0 Å². The third kappa shape index (κ3) is 8.95. The third-order valence-corrected chi connectivity index (χ3v) is 8.58. The summed E-state index contributed by atoms with van der Waals surface area (Å²) in [7, 11) is 0. The fourth-order valence-electron chi connectivity index (χ4n) is 6.01. The zero-order valence-electron chi connectivity index (χ0n) is 25.9. The fraction of sp³-hybridized carbons (Fsp3) is 0.559. The second kappa shape index (κ2) is 16.3. The smallest absolute Gasteiger partial charge is 0.319 e. The van der Waals surface area contributed by atoms with Gasteiger partial charge in [0.05, 0.1) is 6.61 Å². The maximum absolute atomic E-state index is 13.6. The first-order valence-electron chi connectivity index (χ1n) is 16.1. The van der Waals surface area contributed by atoms with Crippen molar-refractivity contribution in [2.75, 3.05) is 44.6 Å². The summed E-state index contributed by atoms with van der Waals surface area (Å²) in [6.45, 7) is 8.53. The number of piperazine rings is 1. The van der Waals surface area contributed by atoms with Gasteiger partial charge in [-0.05, 0) is 81.2 Å². The van der Waals surface area contributed by atoms with Crippen LogP contribution in [0.15, 0.2) is 54.6 Å². The van der Waals surface area contributed by atoms with Gasteiger partial charge in [0.15, 0.2) is 0 Å². The Labute approximate surface area is 256 Å². The molecule has 3 N–H and O–H groups in total. The van der Waals surface area contributed by atoms with Gasteiger partial charge >= 0.3 is 6.03 Å². The highest BCUT2D eigenvalue weighted by Crippen LogP contribution is 2.34. The van der Waals surface area contributed by atoms with Crippen LogP contribution >= 0.6 is 0 Å². The van der Waals surface area contributed by atoms with Crippen LogP contribution < -0.4 is 20.7 Å². The second-order valence-electron chi connectivity index (χ2n) is 11.7. The Bertz CT molecular complexity index is 1170. The Morgan fingerprint density at radius 2 is 1.70 bits per heavy atom. The lowest BCUT2D eigenvalue weighted by Crippen LogP contribution is -2.72. The van der Waals surface area contributed by atoms with Crippen LogP contribution in [0.3, 0.4) is 0 Å². The number of piperidine rings is 1. The molecule has 0 aliphatic carbocycles. The van der Waals surface area contributed by atoms with E-state index >= 15 is 0 Å². The molecule has 234 valence electrons. The highest BCUT2D eigenvalue weighted by atomic mass is 16.5. The highest BCUT2D eigenvalue weighted by Gasteiger charge is 2.52. The molecule has 9 nitrogen and oxygen atoms in total. The summed E-state index contributed by atoms with van der Waals surface area (Å²) in [5.41, 5.74) is 1.27. The maximum atomic E-state index is 13.6. The normalized spacial score (nSPS) is 18.4. The summed E-state index contributed by atoms with van der Waals surface area (Å²) in [5.74, 6) is 0.816. The predicted octanol–water partition coefficient (Wildman–Crippen LogP) is 4.97. The van der Waals surface area contributed by atoms with Gasteiger partial charge in [-0.3, -0.25) is 9.59 Å². The van der Waals surface area contributed by atoms with Gasteiger partial charge in [0, 0.05) is 38.4 Å². The molecule has 2 heterocycles. The SMILES string of the molecule is CCCCOc1ccc(NC(=O)NCCCC[C@@H]2NC(=O)C3(CCN(CCc4ccccc4)CC3)N(CCC)C2=O)cc1. The maximum Gasteiger partial charge on any atom is 0.319 e. The van der Waals surface area contributed by atoms with Gasteiger partial charge in [-0.1, -0.05) is 50.6 Å². The molecule has 9 heteroatoms. The van der Waals surface area contributed by atoms with Crippen molar-refractivity contribution in [1.29, 1.82) is 0 Å². The third-order valence-electron chi connectivity index (χ3n) is 8.58. The van der Waals surface area contributed by atoms with Gasteiger partial charge in [-0.2, -0.15) is 0 Å². The number of hydrogen-bond acceptors (Lipinski definition) is 5. The molecule has 2 fully saturated rings. The van der Waals surface area contributed by atoms with Crippen molar-refractivity contribution in [1.82, 2.24) is 20.4 Å². The van der Waals surface area contributed by atoms with E-state index in [4.69, 9.17) is 4.74 Å². The van der Waals surface area contributed by atoms with E-state index in [2.05, 4.69) is 59.0 Å². The summed E-state index contributed by atoms with van der Waals surface area (Å²) < 4.78 is 5.66. The summed E-state index contributed by atoms with van der Waals surface area (Å²) in [6.07, 6.45) is 7.23. The van der Waals surface area contributed by atoms with Gasteiger partial charge in [0.1, 0.15) is 17.3 Å². The fourth-order valence-corrected chi connectivity index (χ4v) is 6.01. The molecule has 0 unspecified atom stereocenters. The topological polar surface area (TPSA) is 103 Å². The Morgan fingerprint density at radius 1 is 0.953 bits per heavy atom. The molecule has 0 radical (unpaired) electrons. The first-order valence-corrected chi connectivity index (χ1v) is 16.1. The van der Waals surface area contributed by atoms with Crippen LogP contribution in [0.5, 0.6) is 5.75 Å². The van der Waals surface area contributed by atoms with Crippen LogP contribution in [-0.2, 0) is 16.0 Å². The Morgan fingerprint density at radius 3 is 2.40 bits per heavy atom. The van der Waals surface area contributed by atoms with Gasteiger partial charge < -0.3 is 30.5 Å². The van der Waals surface area contributed by atoms with E-state index in [-0.39, 0.29) is 17.8 Å². The summed E-state index contributed by atoms with van der Waals surface area (Å²) in [4.78, 5) is 43.8. The number of rotatable bonds is 15. The zero-order valence-corrected chi connectivity index (χ0v) is 25.9. The predicted molar refractivity (Wildman–Crippen MR) is 170 cm³/mol. The molecular formula is C34H49N5O4. The average Bonchev–Trinajstić information content (AvgIpc) is 3.02. The van der Waals surface area contributed by atoms with Crippen LogP contribution in [-0.4, -0.2) is 78.6 Å². The second-order valence-corrected chi connectivity index (χ2v) is 11.7. The van der Waals surface area contributed by atoms with Gasteiger partial charge in [0.2, 0.25) is 11.8 Å². The number of urea groups is 1. The number of unbranched alkanes of at least 4 members (excludes halogenated alkanes) is 2. The molecule has 1 spiro atoms. The van der Waals surface area contributed by atoms with Gasteiger partial charge in [-0.15, -0.1) is 0 Å². The Balaban J connectivity index is 1.18. The highest BCUT2D eigenvalue weighted by molar-refractivity contribution is 6.00. The number of anilines is 1. The standard InChI is InChI=1S/C34H49N5O4/c1-3-5-26-43-29-16-14-28(15-17-29)36-33(42)35-21-10-9-13-30-31(40)39(22-4-2)34(32(41)37-30)19-24-38(25-20-34)23-18-27-11-7-6-8-12-27/h6-8,11-12,14-17,30H,3-5,9-10,13,18-26H2,1-2H3,(H,37,41)(H2,35,36,42)/t30-/m0/s1. The molecule has 4 rings (SSSR count). The molecule has 2 aromatic rings. The van der Waals surface area contributed by atoms with Crippen molar-refractivity contribution in [3.8, 4) is 5.75 Å². The number of amides is 4. The quantitative estimate of drug-likeness (QED) is 0.254. The molecule has 2 aliphatic rings. The number of ether oxygens (including phenoxy) is 1. The minimum Gasteiger partial charge on any atom is -0.494 e. The summed E-state index contributed by atoms with van der Waals surface area (Å²) in [6, 6.07) is 17.0. The molecule has 43 heavy (non-hydrogen) atoms.